The maximum atomic E-state index is 13.3. The highest BCUT2D eigenvalue weighted by Gasteiger charge is 2.45. The average Bonchev–Trinajstić information content (AvgIpc) is 3.83. The Morgan fingerprint density at radius 1 is 1.08 bits per heavy atom. The van der Waals surface area contributed by atoms with Gasteiger partial charge in [0, 0.05) is 52.0 Å². The van der Waals surface area contributed by atoms with E-state index in [9.17, 15) is 15.1 Å². The van der Waals surface area contributed by atoms with Crippen molar-refractivity contribution >= 4 is 23.5 Å². The van der Waals surface area contributed by atoms with Crippen LogP contribution in [0.5, 0.6) is 0 Å². The number of benzene rings is 1. The third kappa shape index (κ3) is 5.00. The summed E-state index contributed by atoms with van der Waals surface area (Å²) in [5.74, 6) is 0.332. The Balaban J connectivity index is 1.27. The lowest BCUT2D eigenvalue weighted by molar-refractivity contribution is -0.910. The molecule has 1 aromatic carbocycles. The number of nitrogen functional groups attached to an aromatic ring is 1. The zero-order chi connectivity index (χ0) is 26.3. The van der Waals surface area contributed by atoms with Crippen LogP contribution in [0.3, 0.4) is 0 Å². The van der Waals surface area contributed by atoms with Gasteiger partial charge in [0.05, 0.1) is 23.0 Å². The number of hydrogen-bond donors (Lipinski definition) is 4. The number of nitrogens with two attached hydrogens (primary N) is 1. The third-order valence-corrected chi connectivity index (χ3v) is 8.22. The van der Waals surface area contributed by atoms with Gasteiger partial charge in [-0.2, -0.15) is 0 Å². The molecule has 8 heteroatoms. The van der Waals surface area contributed by atoms with Gasteiger partial charge in [-0.1, -0.05) is 6.07 Å². The summed E-state index contributed by atoms with van der Waals surface area (Å²) in [5.41, 5.74) is 9.97. The molecule has 0 unspecified atom stereocenters. The molecular weight excluding hydrogens is 478 g/mol. The van der Waals surface area contributed by atoms with Crippen molar-refractivity contribution in [3.63, 3.8) is 0 Å². The van der Waals surface area contributed by atoms with Crippen molar-refractivity contribution in [2.75, 3.05) is 11.1 Å². The molecule has 196 valence electrons. The molecule has 38 heavy (non-hydrogen) atoms. The highest BCUT2D eigenvalue weighted by atomic mass is 16.5. The zero-order valence-corrected chi connectivity index (χ0v) is 21.4. The predicted octanol–water partition coefficient (Wildman–Crippen LogP) is 4.49. The summed E-state index contributed by atoms with van der Waals surface area (Å²) in [7, 11) is 0. The summed E-state index contributed by atoms with van der Waals surface area (Å²) in [6, 6.07) is 14.6. The Labute approximate surface area is 222 Å². The van der Waals surface area contributed by atoms with Gasteiger partial charge < -0.3 is 16.2 Å². The molecule has 5 N–H and O–H groups in total. The van der Waals surface area contributed by atoms with Crippen LogP contribution >= 0.6 is 0 Å². The second-order valence-corrected chi connectivity index (χ2v) is 11.0. The SMILES string of the molecule is Nc1cc(-c2ccccn2)c(NC(=O)c2cccc(C3CC3)[n+]2O)cc1C=NC1CCC(O)(C2CC2)CC1. The molecule has 0 aliphatic heterocycles. The Morgan fingerprint density at radius 2 is 1.87 bits per heavy atom. The van der Waals surface area contributed by atoms with Gasteiger partial charge in [-0.25, -0.2) is 0 Å². The molecule has 0 atom stereocenters. The van der Waals surface area contributed by atoms with Crippen molar-refractivity contribution in [3.8, 4) is 11.3 Å². The molecule has 3 saturated carbocycles. The average molecular weight is 513 g/mol. The molecule has 0 radical (unpaired) electrons. The third-order valence-electron chi connectivity index (χ3n) is 8.22. The first-order valence-corrected chi connectivity index (χ1v) is 13.6. The number of hydrogen-bond acceptors (Lipinski definition) is 6. The monoisotopic (exact) mass is 512 g/mol. The van der Waals surface area contributed by atoms with Crippen LogP contribution in [0.1, 0.15) is 79.0 Å². The number of nitrogens with one attached hydrogen (secondary N) is 1. The molecule has 8 nitrogen and oxygen atoms in total. The Kier molecular flexibility index (Phi) is 6.35. The van der Waals surface area contributed by atoms with Crippen LogP contribution in [0.25, 0.3) is 11.3 Å². The fourth-order valence-corrected chi connectivity index (χ4v) is 5.61. The number of aromatic nitrogens is 2. The Bertz CT molecular complexity index is 1370. The fourth-order valence-electron chi connectivity index (χ4n) is 5.61. The van der Waals surface area contributed by atoms with E-state index in [4.69, 9.17) is 10.7 Å². The van der Waals surface area contributed by atoms with Crippen LogP contribution in [0.15, 0.2) is 59.7 Å². The minimum Gasteiger partial charge on any atom is -0.398 e. The summed E-state index contributed by atoms with van der Waals surface area (Å²) in [5, 5.41) is 24.5. The summed E-state index contributed by atoms with van der Waals surface area (Å²) < 4.78 is 0.999. The van der Waals surface area contributed by atoms with Gasteiger partial charge in [-0.3, -0.25) is 20.0 Å². The van der Waals surface area contributed by atoms with E-state index in [0.717, 1.165) is 61.8 Å². The van der Waals surface area contributed by atoms with Crippen LogP contribution in [0.2, 0.25) is 0 Å². The van der Waals surface area contributed by atoms with Crippen LogP contribution in [0, 0.1) is 5.92 Å². The first kappa shape index (κ1) is 24.6. The molecule has 3 aliphatic carbocycles. The summed E-state index contributed by atoms with van der Waals surface area (Å²) >= 11 is 0. The van der Waals surface area contributed by atoms with Crippen LogP contribution in [-0.4, -0.2) is 39.1 Å². The maximum absolute atomic E-state index is 13.3. The second kappa shape index (κ2) is 9.83. The van der Waals surface area contributed by atoms with E-state index in [1.807, 2.05) is 30.3 Å². The van der Waals surface area contributed by atoms with Gasteiger partial charge in [0.1, 0.15) is 0 Å². The molecule has 3 fully saturated rings. The number of pyridine rings is 2. The van der Waals surface area contributed by atoms with Gasteiger partial charge in [0.15, 0.2) is 0 Å². The molecular formula is C30H34N5O3+. The van der Waals surface area contributed by atoms with Gasteiger partial charge in [-0.15, -0.1) is 0 Å². The number of anilines is 2. The molecule has 3 aromatic rings. The topological polar surface area (TPSA) is 125 Å². The van der Waals surface area contributed by atoms with E-state index in [1.165, 1.54) is 0 Å². The molecule has 1 amide bonds. The minimum atomic E-state index is -0.507. The van der Waals surface area contributed by atoms with Crippen molar-refractivity contribution < 1.29 is 19.8 Å². The number of carbonyl (C=O) groups is 1. The lowest BCUT2D eigenvalue weighted by atomic mass is 9.79. The zero-order valence-electron chi connectivity index (χ0n) is 21.4. The quantitative estimate of drug-likeness (QED) is 0.161. The predicted molar refractivity (Wildman–Crippen MR) is 145 cm³/mol. The summed E-state index contributed by atoms with van der Waals surface area (Å²) in [6.45, 7) is 0. The normalized spacial score (nSPS) is 23.4. The second-order valence-electron chi connectivity index (χ2n) is 11.0. The highest BCUT2D eigenvalue weighted by molar-refractivity contribution is 6.05. The molecule has 2 aromatic heterocycles. The molecule has 0 spiro atoms. The summed E-state index contributed by atoms with van der Waals surface area (Å²) in [6.07, 6.45) is 11.1. The Hall–Kier alpha value is -3.78. The number of amides is 1. The first-order chi connectivity index (χ1) is 18.4. The van der Waals surface area contributed by atoms with Crippen molar-refractivity contribution in [1.82, 2.24) is 4.98 Å². The molecule has 0 bridgehead atoms. The van der Waals surface area contributed by atoms with E-state index < -0.39 is 11.5 Å². The Morgan fingerprint density at radius 3 is 2.55 bits per heavy atom. The van der Waals surface area contributed by atoms with Gasteiger partial charge >= 0.3 is 11.6 Å². The van der Waals surface area contributed by atoms with Crippen LogP contribution in [-0.2, 0) is 0 Å². The van der Waals surface area contributed by atoms with Crippen molar-refractivity contribution in [1.29, 1.82) is 0 Å². The van der Waals surface area contributed by atoms with Crippen LogP contribution < -0.4 is 15.8 Å². The number of aliphatic imine (C=N–C) groups is 1. The van der Waals surface area contributed by atoms with Crippen molar-refractivity contribution in [3.05, 3.63) is 71.7 Å². The van der Waals surface area contributed by atoms with E-state index in [2.05, 4.69) is 10.3 Å². The number of aliphatic hydroxyl groups is 1. The van der Waals surface area contributed by atoms with E-state index >= 15 is 0 Å². The van der Waals surface area contributed by atoms with Gasteiger partial charge in [-0.05, 0) is 87.6 Å². The number of nitrogens with zero attached hydrogens (tertiary/aromatic N) is 3. The fraction of sp³-hybridized carbons (Fsp3) is 0.400. The first-order valence-electron chi connectivity index (χ1n) is 13.6. The van der Waals surface area contributed by atoms with Crippen molar-refractivity contribution in [2.45, 2.75) is 68.9 Å². The lowest BCUT2D eigenvalue weighted by Gasteiger charge is -2.35. The smallest absolute Gasteiger partial charge is 0.325 e. The minimum absolute atomic E-state index is 0.139. The van der Waals surface area contributed by atoms with E-state index in [1.54, 1.807) is 30.6 Å². The molecule has 3 aliphatic rings. The standard InChI is InChI=1S/C30H33N5O3/c31-24-17-23(25-4-1-2-15-32-25)26(34-29(36)28-6-3-5-27(35(28)38)19-7-8-19)16-20(24)18-33-22-11-13-30(37,14-12-22)21-9-10-21/h1-6,15-19,21-22,31,36-38H,7-14H2/p+1. The molecule has 6 rings (SSSR count). The van der Waals surface area contributed by atoms with E-state index in [-0.39, 0.29) is 17.7 Å². The largest absolute Gasteiger partial charge is 0.398 e. The van der Waals surface area contributed by atoms with Crippen LogP contribution in [0.4, 0.5) is 11.4 Å². The number of carbonyl (C=O) groups excluding carboxylic acids is 1. The van der Waals surface area contributed by atoms with Gasteiger partial charge in [0.2, 0.25) is 5.69 Å². The van der Waals surface area contributed by atoms with Gasteiger partial charge in [0.25, 0.3) is 0 Å². The molecule has 2 heterocycles. The van der Waals surface area contributed by atoms with Crippen molar-refractivity contribution in [2.24, 2.45) is 10.9 Å². The lowest BCUT2D eigenvalue weighted by Crippen LogP contribution is -2.43. The van der Waals surface area contributed by atoms with E-state index in [0.29, 0.717) is 34.1 Å². The summed E-state index contributed by atoms with van der Waals surface area (Å²) in [4.78, 5) is 22.6. The molecule has 0 saturated heterocycles. The number of rotatable bonds is 7. The highest BCUT2D eigenvalue weighted by Crippen LogP contribution is 2.47. The maximum Gasteiger partial charge on any atom is 0.325 e.